The van der Waals surface area contributed by atoms with Crippen LogP contribution in [0.4, 0.5) is 0 Å². The van der Waals surface area contributed by atoms with Gasteiger partial charge in [-0.1, -0.05) is 0 Å². The van der Waals surface area contributed by atoms with E-state index in [2.05, 4.69) is 34.1 Å². The van der Waals surface area contributed by atoms with E-state index < -0.39 is 0 Å². The third-order valence-electron chi connectivity index (χ3n) is 3.99. The molecule has 0 saturated carbocycles. The van der Waals surface area contributed by atoms with Gasteiger partial charge in [0.25, 0.3) is 5.91 Å². The van der Waals surface area contributed by atoms with E-state index >= 15 is 0 Å². The van der Waals surface area contributed by atoms with E-state index in [1.165, 1.54) is 18.5 Å². The van der Waals surface area contributed by atoms with Gasteiger partial charge in [-0.2, -0.15) is 0 Å². The minimum absolute atomic E-state index is 0.00783. The number of nitrogens with one attached hydrogen (secondary N) is 1. The summed E-state index contributed by atoms with van der Waals surface area (Å²) in [6.07, 6.45) is 3.69. The monoisotopic (exact) mass is 292 g/mol. The van der Waals surface area contributed by atoms with E-state index in [4.69, 9.17) is 0 Å². The summed E-state index contributed by atoms with van der Waals surface area (Å²) in [5.74, 6) is -0.183. The van der Waals surface area contributed by atoms with Crippen molar-refractivity contribution in [2.45, 2.75) is 19.4 Å². The van der Waals surface area contributed by atoms with Gasteiger partial charge in [0.05, 0.1) is 11.8 Å². The maximum atomic E-state index is 11.9. The van der Waals surface area contributed by atoms with Crippen molar-refractivity contribution in [1.82, 2.24) is 20.1 Å². The van der Waals surface area contributed by atoms with Gasteiger partial charge in [-0.3, -0.25) is 14.7 Å². The Kier molecular flexibility index (Phi) is 5.52. The minimum atomic E-state index is -0.191. The Labute approximate surface area is 125 Å². The lowest BCUT2D eigenvalue weighted by molar-refractivity contribution is 0.0934. The predicted octanol–water partition coefficient (Wildman–Crippen LogP) is 0.543. The highest BCUT2D eigenvalue weighted by Crippen LogP contribution is 2.09. The van der Waals surface area contributed by atoms with Crippen molar-refractivity contribution in [3.8, 4) is 5.75 Å². The average molecular weight is 292 g/mol. The molecule has 0 bridgehead atoms. The predicted molar refractivity (Wildman–Crippen MR) is 81.4 cm³/mol. The number of aromatic nitrogens is 1. The summed E-state index contributed by atoms with van der Waals surface area (Å²) >= 11 is 0. The second-order valence-electron chi connectivity index (χ2n) is 5.66. The zero-order valence-electron chi connectivity index (χ0n) is 12.7. The molecule has 2 N–H and O–H groups in total. The summed E-state index contributed by atoms with van der Waals surface area (Å²) in [7, 11) is 2.14. The molecule has 0 radical (unpaired) electrons. The number of likely N-dealkylation sites (N-methyl/N-ethyl adjacent to an activating group) is 1. The number of hydrogen-bond acceptors (Lipinski definition) is 5. The normalized spacial score (nSPS) is 18.4. The van der Waals surface area contributed by atoms with Crippen molar-refractivity contribution in [1.29, 1.82) is 0 Å². The third kappa shape index (κ3) is 4.68. The zero-order chi connectivity index (χ0) is 15.2. The van der Waals surface area contributed by atoms with Crippen LogP contribution in [0.3, 0.4) is 0 Å². The number of amides is 1. The quantitative estimate of drug-likeness (QED) is 0.829. The van der Waals surface area contributed by atoms with E-state index in [-0.39, 0.29) is 11.7 Å². The lowest BCUT2D eigenvalue weighted by Crippen LogP contribution is -2.48. The molecule has 1 atom stereocenters. The van der Waals surface area contributed by atoms with Crippen LogP contribution >= 0.6 is 0 Å². The average Bonchev–Trinajstić information content (AvgIpc) is 2.47. The van der Waals surface area contributed by atoms with Crippen LogP contribution in [0.1, 0.15) is 23.7 Å². The molecule has 0 aliphatic carbocycles. The molecular formula is C15H24N4O2. The lowest BCUT2D eigenvalue weighted by Gasteiger charge is -2.36. The second-order valence-corrected chi connectivity index (χ2v) is 5.66. The van der Waals surface area contributed by atoms with Crippen molar-refractivity contribution in [2.24, 2.45) is 0 Å². The fourth-order valence-electron chi connectivity index (χ4n) is 2.49. The summed E-state index contributed by atoms with van der Waals surface area (Å²) in [5, 5.41) is 12.2. The highest BCUT2D eigenvalue weighted by Gasteiger charge is 2.18. The van der Waals surface area contributed by atoms with Crippen LogP contribution in [-0.4, -0.2) is 71.6 Å². The number of piperazine rings is 1. The van der Waals surface area contributed by atoms with Crippen molar-refractivity contribution >= 4 is 5.91 Å². The molecule has 1 fully saturated rings. The fraction of sp³-hybridized carbons (Fsp3) is 0.600. The molecule has 1 unspecified atom stereocenters. The van der Waals surface area contributed by atoms with E-state index in [1.807, 2.05) is 0 Å². The molecule has 1 aliphatic rings. The largest absolute Gasteiger partial charge is 0.506 e. The summed E-state index contributed by atoms with van der Waals surface area (Å²) in [5.41, 5.74) is 0.391. The Balaban J connectivity index is 1.72. The second kappa shape index (κ2) is 7.38. The molecule has 1 saturated heterocycles. The van der Waals surface area contributed by atoms with Crippen LogP contribution in [-0.2, 0) is 0 Å². The summed E-state index contributed by atoms with van der Waals surface area (Å²) in [6.45, 7) is 7.21. The van der Waals surface area contributed by atoms with Crippen LogP contribution in [0.25, 0.3) is 0 Å². The van der Waals surface area contributed by atoms with Crippen molar-refractivity contribution < 1.29 is 9.90 Å². The molecule has 116 valence electrons. The highest BCUT2D eigenvalue weighted by atomic mass is 16.3. The first kappa shape index (κ1) is 15.7. The first-order valence-electron chi connectivity index (χ1n) is 7.41. The number of carbonyl (C=O) groups is 1. The Hall–Kier alpha value is -1.66. The van der Waals surface area contributed by atoms with Gasteiger partial charge in [0.2, 0.25) is 0 Å². The maximum absolute atomic E-state index is 11.9. The lowest BCUT2D eigenvalue weighted by atomic mass is 10.1. The molecule has 0 spiro atoms. The number of aromatic hydroxyl groups is 1. The van der Waals surface area contributed by atoms with E-state index in [0.717, 1.165) is 32.6 Å². The number of rotatable bonds is 5. The molecule has 21 heavy (non-hydrogen) atoms. The zero-order valence-corrected chi connectivity index (χ0v) is 12.7. The molecule has 1 aromatic heterocycles. The van der Waals surface area contributed by atoms with Gasteiger partial charge in [-0.25, -0.2) is 0 Å². The fourth-order valence-corrected chi connectivity index (χ4v) is 2.49. The van der Waals surface area contributed by atoms with E-state index in [9.17, 15) is 9.90 Å². The summed E-state index contributed by atoms with van der Waals surface area (Å²) in [6, 6.07) is 1.88. The third-order valence-corrected chi connectivity index (χ3v) is 3.99. The van der Waals surface area contributed by atoms with E-state index in [0.29, 0.717) is 18.2 Å². The Bertz CT molecular complexity index is 472. The maximum Gasteiger partial charge on any atom is 0.252 e. The minimum Gasteiger partial charge on any atom is -0.506 e. The first-order valence-corrected chi connectivity index (χ1v) is 7.41. The molecule has 2 heterocycles. The van der Waals surface area contributed by atoms with Crippen molar-refractivity contribution in [2.75, 3.05) is 39.8 Å². The van der Waals surface area contributed by atoms with Gasteiger partial charge in [0, 0.05) is 45.0 Å². The molecule has 6 nitrogen and oxygen atoms in total. The molecule has 2 rings (SSSR count). The smallest absolute Gasteiger partial charge is 0.252 e. The van der Waals surface area contributed by atoms with Crippen LogP contribution in [0.2, 0.25) is 0 Å². The van der Waals surface area contributed by atoms with Gasteiger partial charge < -0.3 is 15.3 Å². The van der Waals surface area contributed by atoms with Crippen LogP contribution in [0.5, 0.6) is 5.75 Å². The number of nitrogens with zero attached hydrogens (tertiary/aromatic N) is 3. The molecule has 0 aromatic carbocycles. The molecule has 1 amide bonds. The molecular weight excluding hydrogens is 268 g/mol. The van der Waals surface area contributed by atoms with Gasteiger partial charge in [-0.15, -0.1) is 0 Å². The standard InChI is InChI=1S/C15H24N4O2/c1-12(19-7-5-18(2)6-8-19)3-4-17-15(21)13-9-14(20)11-16-10-13/h9-12,20H,3-8H2,1-2H3,(H,17,21). The highest BCUT2D eigenvalue weighted by molar-refractivity contribution is 5.94. The molecule has 1 aromatic rings. The van der Waals surface area contributed by atoms with Gasteiger partial charge >= 0.3 is 0 Å². The van der Waals surface area contributed by atoms with Gasteiger partial charge in [-0.05, 0) is 26.5 Å². The van der Waals surface area contributed by atoms with E-state index in [1.54, 1.807) is 0 Å². The molecule has 6 heteroatoms. The van der Waals surface area contributed by atoms with Crippen LogP contribution < -0.4 is 5.32 Å². The van der Waals surface area contributed by atoms with Crippen LogP contribution in [0.15, 0.2) is 18.5 Å². The summed E-state index contributed by atoms with van der Waals surface area (Å²) < 4.78 is 0. The van der Waals surface area contributed by atoms with Gasteiger partial charge in [0.1, 0.15) is 5.75 Å². The number of carbonyl (C=O) groups excluding carboxylic acids is 1. The number of hydrogen-bond donors (Lipinski definition) is 2. The van der Waals surface area contributed by atoms with Crippen molar-refractivity contribution in [3.63, 3.8) is 0 Å². The van der Waals surface area contributed by atoms with Crippen molar-refractivity contribution in [3.05, 3.63) is 24.0 Å². The van der Waals surface area contributed by atoms with Gasteiger partial charge in [0.15, 0.2) is 0 Å². The SMILES string of the molecule is CC(CCNC(=O)c1cncc(O)c1)N1CCN(C)CC1. The Morgan fingerprint density at radius 2 is 2.10 bits per heavy atom. The topological polar surface area (TPSA) is 68.7 Å². The summed E-state index contributed by atoms with van der Waals surface area (Å²) in [4.78, 5) is 20.5. The Morgan fingerprint density at radius 1 is 1.38 bits per heavy atom. The number of pyridine rings is 1. The molecule has 1 aliphatic heterocycles. The van der Waals surface area contributed by atoms with Crippen LogP contribution in [0, 0.1) is 0 Å². The first-order chi connectivity index (χ1) is 10.1. The Morgan fingerprint density at radius 3 is 2.76 bits per heavy atom.